The van der Waals surface area contributed by atoms with Gasteiger partial charge in [0.25, 0.3) is 0 Å². The first-order chi connectivity index (χ1) is 10.2. The van der Waals surface area contributed by atoms with Gasteiger partial charge in [0.2, 0.25) is 18.3 Å². The second kappa shape index (κ2) is 5.35. The molecule has 1 spiro atoms. The molecule has 1 saturated carbocycles. The van der Waals surface area contributed by atoms with Crippen molar-refractivity contribution in [2.45, 2.75) is 31.2 Å². The maximum atomic E-state index is 12.3. The maximum Gasteiger partial charge on any atom is 0.246 e. The largest absolute Gasteiger partial charge is 0.342 e. The van der Waals surface area contributed by atoms with Crippen LogP contribution in [0, 0.1) is 17.2 Å². The lowest BCUT2D eigenvalue weighted by Crippen LogP contribution is -2.59. The Morgan fingerprint density at radius 1 is 1.29 bits per heavy atom. The number of nitrogens with one attached hydrogen (secondary N) is 1. The van der Waals surface area contributed by atoms with Gasteiger partial charge in [0.1, 0.15) is 0 Å². The van der Waals surface area contributed by atoms with Gasteiger partial charge in [-0.15, -0.1) is 0 Å². The highest BCUT2D eigenvalue weighted by atomic mass is 16.2. The number of hydrogen-bond acceptors (Lipinski definition) is 5. The normalized spacial score (nSPS) is 28.0. The Morgan fingerprint density at radius 3 is 2.52 bits per heavy atom. The number of hydrogen-bond donors (Lipinski definition) is 1. The van der Waals surface area contributed by atoms with Crippen LogP contribution >= 0.6 is 0 Å². The molecule has 21 heavy (non-hydrogen) atoms. The fourth-order valence-electron chi connectivity index (χ4n) is 3.49. The van der Waals surface area contributed by atoms with Crippen LogP contribution < -0.4 is 5.32 Å². The van der Waals surface area contributed by atoms with Gasteiger partial charge in [0, 0.05) is 26.2 Å². The van der Waals surface area contributed by atoms with E-state index in [-0.39, 0.29) is 5.91 Å². The van der Waals surface area contributed by atoms with Crippen molar-refractivity contribution in [3.05, 3.63) is 0 Å². The van der Waals surface area contributed by atoms with Gasteiger partial charge >= 0.3 is 0 Å². The number of carbonyl (C=O) groups excluding carboxylic acids is 2. The molecular weight excluding hydrogens is 270 g/mol. The summed E-state index contributed by atoms with van der Waals surface area (Å²) in [5.41, 5.74) is -0.534. The van der Waals surface area contributed by atoms with E-state index >= 15 is 0 Å². The van der Waals surface area contributed by atoms with Crippen molar-refractivity contribution >= 4 is 18.3 Å². The van der Waals surface area contributed by atoms with E-state index in [1.54, 1.807) is 4.90 Å². The van der Waals surface area contributed by atoms with Crippen molar-refractivity contribution in [3.63, 3.8) is 0 Å². The molecule has 1 N–H and O–H groups in total. The predicted octanol–water partition coefficient (Wildman–Crippen LogP) is -0.301. The second-order valence-corrected chi connectivity index (χ2v) is 5.93. The third-order valence-electron chi connectivity index (χ3n) is 4.72. The fourth-order valence-corrected chi connectivity index (χ4v) is 3.49. The first kappa shape index (κ1) is 13.9. The second-order valence-electron chi connectivity index (χ2n) is 5.93. The van der Waals surface area contributed by atoms with E-state index in [0.717, 1.165) is 32.1 Å². The summed E-state index contributed by atoms with van der Waals surface area (Å²) >= 11 is 0. The third kappa shape index (κ3) is 2.35. The number of guanidine groups is 1. The van der Waals surface area contributed by atoms with Crippen LogP contribution in [0.5, 0.6) is 0 Å². The Hall–Kier alpha value is -2.10. The van der Waals surface area contributed by atoms with Crippen LogP contribution in [0.15, 0.2) is 4.99 Å². The number of amides is 2. The van der Waals surface area contributed by atoms with E-state index in [4.69, 9.17) is 4.99 Å². The Bertz CT molecular complexity index is 510. The van der Waals surface area contributed by atoms with Gasteiger partial charge in [-0.1, -0.05) is 12.8 Å². The summed E-state index contributed by atoms with van der Waals surface area (Å²) in [7, 11) is 0. The molecule has 0 unspecified atom stereocenters. The minimum absolute atomic E-state index is 0.234. The topological polar surface area (TPSA) is 88.8 Å². The molecule has 0 bridgehead atoms. The quantitative estimate of drug-likeness (QED) is 0.671. The Kier molecular flexibility index (Phi) is 3.53. The minimum atomic E-state index is -0.681. The van der Waals surface area contributed by atoms with Gasteiger partial charge in [-0.25, -0.2) is 4.99 Å². The first-order valence-electron chi connectivity index (χ1n) is 7.43. The first-order valence-corrected chi connectivity index (χ1v) is 7.43. The Morgan fingerprint density at radius 2 is 1.95 bits per heavy atom. The molecule has 0 radical (unpaired) electrons. The zero-order valence-electron chi connectivity index (χ0n) is 11.9. The molecule has 7 nitrogen and oxygen atoms in total. The molecule has 1 atom stereocenters. The zero-order chi connectivity index (χ0) is 14.9. The molecule has 112 valence electrons. The van der Waals surface area contributed by atoms with Gasteiger partial charge in [-0.05, 0) is 12.8 Å². The van der Waals surface area contributed by atoms with Gasteiger partial charge in [-0.2, -0.15) is 5.26 Å². The van der Waals surface area contributed by atoms with Crippen LogP contribution in [0.1, 0.15) is 25.7 Å². The predicted molar refractivity (Wildman–Crippen MR) is 75.1 cm³/mol. The average molecular weight is 289 g/mol. The van der Waals surface area contributed by atoms with Crippen LogP contribution in [0.4, 0.5) is 0 Å². The van der Waals surface area contributed by atoms with E-state index in [1.165, 1.54) is 0 Å². The molecule has 3 rings (SSSR count). The monoisotopic (exact) mass is 289 g/mol. The lowest BCUT2D eigenvalue weighted by molar-refractivity contribution is -0.125. The Labute approximate surface area is 123 Å². The molecule has 1 aliphatic carbocycles. The third-order valence-corrected chi connectivity index (χ3v) is 4.72. The van der Waals surface area contributed by atoms with Crippen molar-refractivity contribution in [3.8, 4) is 6.07 Å². The summed E-state index contributed by atoms with van der Waals surface area (Å²) < 4.78 is 0. The van der Waals surface area contributed by atoms with Crippen molar-refractivity contribution in [1.82, 2.24) is 15.1 Å². The van der Waals surface area contributed by atoms with Crippen molar-refractivity contribution in [2.24, 2.45) is 10.9 Å². The number of nitrogens with zero attached hydrogens (tertiary/aromatic N) is 4. The lowest BCUT2D eigenvalue weighted by atomic mass is 9.82. The van der Waals surface area contributed by atoms with E-state index in [9.17, 15) is 14.9 Å². The minimum Gasteiger partial charge on any atom is -0.342 e. The van der Waals surface area contributed by atoms with Crippen molar-refractivity contribution < 1.29 is 9.59 Å². The number of rotatable bonds is 1. The highest BCUT2D eigenvalue weighted by Gasteiger charge is 2.49. The Balaban J connectivity index is 1.83. The summed E-state index contributed by atoms with van der Waals surface area (Å²) in [6, 6.07) is 2.13. The standard InChI is InChI=1S/C14H19N5O2/c15-9-11-12(21)16-13(17-14(11)3-1-2-4-14)19-7-5-18(10-20)6-8-19/h10-11H,1-8H2,(H,16,17,21)/t11-/m0/s1. The highest BCUT2D eigenvalue weighted by molar-refractivity contribution is 6.02. The molecule has 7 heteroatoms. The van der Waals surface area contributed by atoms with Crippen molar-refractivity contribution in [1.29, 1.82) is 5.26 Å². The van der Waals surface area contributed by atoms with E-state index < -0.39 is 11.5 Å². The molecule has 0 aromatic rings. The summed E-state index contributed by atoms with van der Waals surface area (Å²) in [6.45, 7) is 2.58. The smallest absolute Gasteiger partial charge is 0.246 e. The average Bonchev–Trinajstić information content (AvgIpc) is 2.96. The van der Waals surface area contributed by atoms with Gasteiger partial charge < -0.3 is 9.80 Å². The van der Waals surface area contributed by atoms with Crippen LogP contribution in [-0.2, 0) is 9.59 Å². The van der Waals surface area contributed by atoms with Crippen LogP contribution in [0.3, 0.4) is 0 Å². The SMILES string of the molecule is N#C[C@H]1C(=O)NC(N2CCN(C=O)CC2)=NC12CCCC2. The van der Waals surface area contributed by atoms with E-state index in [2.05, 4.69) is 11.4 Å². The number of carbonyl (C=O) groups is 2. The van der Waals surface area contributed by atoms with Crippen LogP contribution in [-0.4, -0.2) is 59.8 Å². The molecule has 2 fully saturated rings. The van der Waals surface area contributed by atoms with Gasteiger partial charge in [0.05, 0.1) is 11.6 Å². The number of aliphatic imine (C=N–C) groups is 1. The van der Waals surface area contributed by atoms with Crippen LogP contribution in [0.25, 0.3) is 0 Å². The molecular formula is C14H19N5O2. The number of nitriles is 1. The number of piperazine rings is 1. The maximum absolute atomic E-state index is 12.3. The van der Waals surface area contributed by atoms with Crippen LogP contribution in [0.2, 0.25) is 0 Å². The highest BCUT2D eigenvalue weighted by Crippen LogP contribution is 2.41. The van der Waals surface area contributed by atoms with Crippen molar-refractivity contribution in [2.75, 3.05) is 26.2 Å². The molecule has 2 heterocycles. The summed E-state index contributed by atoms with van der Waals surface area (Å²) in [6.07, 6.45) is 4.48. The van der Waals surface area contributed by atoms with E-state index in [0.29, 0.717) is 32.1 Å². The molecule has 2 aliphatic heterocycles. The summed E-state index contributed by atoms with van der Waals surface area (Å²) in [5, 5.41) is 12.1. The molecule has 1 saturated heterocycles. The molecule has 2 amide bonds. The molecule has 0 aromatic heterocycles. The zero-order valence-corrected chi connectivity index (χ0v) is 11.9. The summed E-state index contributed by atoms with van der Waals surface area (Å²) in [5.74, 6) is -0.332. The van der Waals surface area contributed by atoms with Gasteiger partial charge in [-0.3, -0.25) is 14.9 Å². The summed E-state index contributed by atoms with van der Waals surface area (Å²) in [4.78, 5) is 31.5. The van der Waals surface area contributed by atoms with E-state index in [1.807, 2.05) is 4.90 Å². The fraction of sp³-hybridized carbons (Fsp3) is 0.714. The lowest BCUT2D eigenvalue weighted by Gasteiger charge is -2.40. The molecule has 0 aromatic carbocycles. The van der Waals surface area contributed by atoms with Gasteiger partial charge in [0.15, 0.2) is 5.92 Å². The molecule has 3 aliphatic rings.